The van der Waals surface area contributed by atoms with E-state index in [1.807, 2.05) is 19.9 Å². The number of rotatable bonds is 7. The van der Waals surface area contributed by atoms with Crippen LogP contribution in [0, 0.1) is 6.92 Å². The lowest BCUT2D eigenvalue weighted by atomic mass is 10.1. The van der Waals surface area contributed by atoms with Crippen LogP contribution in [-0.4, -0.2) is 25.7 Å². The van der Waals surface area contributed by atoms with Crippen LogP contribution in [0.15, 0.2) is 18.2 Å². The quantitative estimate of drug-likeness (QED) is 0.389. The highest BCUT2D eigenvalue weighted by Crippen LogP contribution is 2.14. The van der Waals surface area contributed by atoms with Crippen LogP contribution >= 0.6 is 0 Å². The Hall–Kier alpha value is -1.59. The zero-order valence-corrected chi connectivity index (χ0v) is 11.0. The molecule has 0 aliphatic rings. The summed E-state index contributed by atoms with van der Waals surface area (Å²) in [6.07, 6.45) is 0.820. The highest BCUT2D eigenvalue weighted by atomic mass is 16.5. The smallest absolute Gasteiger partial charge is 0.251 e. The van der Waals surface area contributed by atoms with E-state index in [9.17, 15) is 4.79 Å². The van der Waals surface area contributed by atoms with Gasteiger partial charge in [0.1, 0.15) is 0 Å². The van der Waals surface area contributed by atoms with Gasteiger partial charge in [-0.15, -0.1) is 0 Å². The van der Waals surface area contributed by atoms with Crippen molar-refractivity contribution in [2.45, 2.75) is 20.3 Å². The van der Waals surface area contributed by atoms with Gasteiger partial charge in [0.05, 0.1) is 5.69 Å². The molecule has 1 amide bonds. The molecule has 0 fully saturated rings. The molecule has 1 aromatic carbocycles. The Kier molecular flexibility index (Phi) is 6.18. The zero-order chi connectivity index (χ0) is 13.4. The zero-order valence-electron chi connectivity index (χ0n) is 11.0. The number of hydrogen-bond donors (Lipinski definition) is 3. The Balaban J connectivity index is 2.44. The van der Waals surface area contributed by atoms with Gasteiger partial charge in [0, 0.05) is 25.3 Å². The normalized spacial score (nSPS) is 10.2. The molecule has 0 radical (unpaired) electrons. The van der Waals surface area contributed by atoms with Gasteiger partial charge in [-0.3, -0.25) is 10.6 Å². The third-order valence-electron chi connectivity index (χ3n) is 2.60. The van der Waals surface area contributed by atoms with E-state index in [1.54, 1.807) is 12.1 Å². The van der Waals surface area contributed by atoms with E-state index in [0.29, 0.717) is 25.3 Å². The molecule has 0 spiro atoms. The Morgan fingerprint density at radius 2 is 2.22 bits per heavy atom. The topological polar surface area (TPSA) is 76.4 Å². The van der Waals surface area contributed by atoms with Crippen LogP contribution in [0.5, 0.6) is 0 Å². The van der Waals surface area contributed by atoms with Crippen molar-refractivity contribution in [1.82, 2.24) is 5.32 Å². The highest BCUT2D eigenvalue weighted by Gasteiger charge is 2.06. The van der Waals surface area contributed by atoms with Gasteiger partial charge < -0.3 is 15.5 Å². The first-order valence-corrected chi connectivity index (χ1v) is 6.12. The van der Waals surface area contributed by atoms with Crippen molar-refractivity contribution in [3.05, 3.63) is 29.3 Å². The molecule has 0 saturated heterocycles. The maximum atomic E-state index is 11.8. The number of benzene rings is 1. The van der Waals surface area contributed by atoms with Crippen molar-refractivity contribution in [3.63, 3.8) is 0 Å². The van der Waals surface area contributed by atoms with Crippen LogP contribution in [-0.2, 0) is 4.74 Å². The number of carbonyl (C=O) groups excluding carboxylic acids is 1. The molecule has 1 rings (SSSR count). The minimum Gasteiger partial charge on any atom is -0.382 e. The molecule has 0 aromatic heterocycles. The molecule has 0 saturated carbocycles. The second-order valence-electron chi connectivity index (χ2n) is 3.98. The van der Waals surface area contributed by atoms with Crippen LogP contribution in [0.2, 0.25) is 0 Å². The predicted octanol–water partition coefficient (Wildman–Crippen LogP) is 1.44. The van der Waals surface area contributed by atoms with E-state index < -0.39 is 0 Å². The summed E-state index contributed by atoms with van der Waals surface area (Å²) in [4.78, 5) is 11.8. The first-order chi connectivity index (χ1) is 8.69. The molecule has 0 unspecified atom stereocenters. The molecule has 0 atom stereocenters. The monoisotopic (exact) mass is 251 g/mol. The lowest BCUT2D eigenvalue weighted by molar-refractivity contribution is 0.0944. The number of carbonyl (C=O) groups is 1. The summed E-state index contributed by atoms with van der Waals surface area (Å²) in [6.45, 7) is 5.86. The maximum absolute atomic E-state index is 11.8. The van der Waals surface area contributed by atoms with Crippen LogP contribution in [0.3, 0.4) is 0 Å². The number of hydrogen-bond acceptors (Lipinski definition) is 4. The van der Waals surface area contributed by atoms with Gasteiger partial charge in [0.25, 0.3) is 5.91 Å². The fraction of sp³-hybridized carbons (Fsp3) is 0.462. The van der Waals surface area contributed by atoms with Crippen molar-refractivity contribution in [3.8, 4) is 0 Å². The average Bonchev–Trinajstić information content (AvgIpc) is 2.38. The molecule has 4 N–H and O–H groups in total. The summed E-state index contributed by atoms with van der Waals surface area (Å²) in [6, 6.07) is 5.36. The van der Waals surface area contributed by atoms with Crippen molar-refractivity contribution < 1.29 is 9.53 Å². The second-order valence-corrected chi connectivity index (χ2v) is 3.98. The van der Waals surface area contributed by atoms with Crippen LogP contribution in [0.1, 0.15) is 29.3 Å². The van der Waals surface area contributed by atoms with Gasteiger partial charge in [0.15, 0.2) is 0 Å². The number of nitrogen functional groups attached to an aromatic ring is 1. The van der Waals surface area contributed by atoms with E-state index in [-0.39, 0.29) is 5.91 Å². The molecule has 0 aliphatic heterocycles. The molecule has 0 heterocycles. The molecular formula is C13H21N3O2. The molecule has 5 heteroatoms. The number of hydrazine groups is 1. The van der Waals surface area contributed by atoms with Crippen LogP contribution in [0.4, 0.5) is 5.69 Å². The minimum atomic E-state index is -0.0711. The summed E-state index contributed by atoms with van der Waals surface area (Å²) >= 11 is 0. The minimum absolute atomic E-state index is 0.0711. The Bertz CT molecular complexity index is 394. The van der Waals surface area contributed by atoms with Crippen LogP contribution < -0.4 is 16.6 Å². The lowest BCUT2D eigenvalue weighted by Gasteiger charge is -2.08. The van der Waals surface area contributed by atoms with E-state index >= 15 is 0 Å². The fourth-order valence-electron chi connectivity index (χ4n) is 1.59. The van der Waals surface area contributed by atoms with Gasteiger partial charge >= 0.3 is 0 Å². The molecule has 0 aliphatic carbocycles. The van der Waals surface area contributed by atoms with Crippen molar-refractivity contribution in [1.29, 1.82) is 0 Å². The van der Waals surface area contributed by atoms with E-state index in [1.165, 1.54) is 0 Å². The largest absolute Gasteiger partial charge is 0.382 e. The lowest BCUT2D eigenvalue weighted by Crippen LogP contribution is -2.25. The fourth-order valence-corrected chi connectivity index (χ4v) is 1.59. The summed E-state index contributed by atoms with van der Waals surface area (Å²) in [7, 11) is 0. The van der Waals surface area contributed by atoms with Gasteiger partial charge in [-0.25, -0.2) is 0 Å². The number of anilines is 1. The van der Waals surface area contributed by atoms with E-state index in [4.69, 9.17) is 10.6 Å². The van der Waals surface area contributed by atoms with Gasteiger partial charge in [-0.05, 0) is 44.0 Å². The number of nitrogens with one attached hydrogen (secondary N) is 2. The van der Waals surface area contributed by atoms with Crippen molar-refractivity contribution in [2.24, 2.45) is 5.84 Å². The summed E-state index contributed by atoms with van der Waals surface area (Å²) in [5.41, 5.74) is 4.99. The summed E-state index contributed by atoms with van der Waals surface area (Å²) in [5, 5.41) is 2.85. The number of aryl methyl sites for hydroxylation is 1. The first kappa shape index (κ1) is 14.5. The SMILES string of the molecule is CCOCCCNC(=O)c1ccc(NN)c(C)c1. The number of ether oxygens (including phenoxy) is 1. The molecular weight excluding hydrogens is 230 g/mol. The highest BCUT2D eigenvalue weighted by molar-refractivity contribution is 5.94. The first-order valence-electron chi connectivity index (χ1n) is 6.12. The third-order valence-corrected chi connectivity index (χ3v) is 2.60. The molecule has 100 valence electrons. The standard InChI is InChI=1S/C13H21N3O2/c1-3-18-8-4-7-15-13(17)11-5-6-12(16-14)10(2)9-11/h5-6,9,16H,3-4,7-8,14H2,1-2H3,(H,15,17). The van der Waals surface area contributed by atoms with Gasteiger partial charge in [-0.2, -0.15) is 0 Å². The summed E-state index contributed by atoms with van der Waals surface area (Å²) < 4.78 is 5.20. The van der Waals surface area contributed by atoms with Gasteiger partial charge in [0.2, 0.25) is 0 Å². The molecule has 0 bridgehead atoms. The number of amides is 1. The Morgan fingerprint density at radius 1 is 1.44 bits per heavy atom. The van der Waals surface area contributed by atoms with Crippen molar-refractivity contribution in [2.75, 3.05) is 25.2 Å². The maximum Gasteiger partial charge on any atom is 0.251 e. The average molecular weight is 251 g/mol. The Labute approximate surface area is 108 Å². The molecule has 1 aromatic rings. The van der Waals surface area contributed by atoms with Crippen LogP contribution in [0.25, 0.3) is 0 Å². The van der Waals surface area contributed by atoms with Gasteiger partial charge in [-0.1, -0.05) is 0 Å². The molecule has 5 nitrogen and oxygen atoms in total. The third kappa shape index (κ3) is 4.35. The van der Waals surface area contributed by atoms with E-state index in [2.05, 4.69) is 10.7 Å². The molecule has 18 heavy (non-hydrogen) atoms. The summed E-state index contributed by atoms with van der Waals surface area (Å²) in [5.74, 6) is 5.27. The Morgan fingerprint density at radius 3 is 2.83 bits per heavy atom. The predicted molar refractivity (Wildman–Crippen MR) is 72.4 cm³/mol. The number of nitrogens with two attached hydrogens (primary N) is 1. The second kappa shape index (κ2) is 7.68. The van der Waals surface area contributed by atoms with E-state index in [0.717, 1.165) is 17.7 Å². The van der Waals surface area contributed by atoms with Crippen molar-refractivity contribution >= 4 is 11.6 Å².